The molecule has 7 heteroatoms. The first-order valence-corrected chi connectivity index (χ1v) is 18.4. The second kappa shape index (κ2) is 13.6. The zero-order valence-electron chi connectivity index (χ0n) is 27.8. The van der Waals surface area contributed by atoms with Crippen LogP contribution in [0.5, 0.6) is 0 Å². The number of carboxylic acid groups (broad SMARTS) is 1. The molecule has 4 unspecified atom stereocenters. The summed E-state index contributed by atoms with van der Waals surface area (Å²) in [5.41, 5.74) is 2.08. The fourth-order valence-electron chi connectivity index (χ4n) is 9.96. The molecule has 2 aromatic carbocycles. The fraction of sp³-hybridized carbons (Fsp3) is 0.650. The molecule has 0 amide bonds. The average molecular weight is 644 g/mol. The van der Waals surface area contributed by atoms with Gasteiger partial charge in [0.25, 0.3) is 0 Å². The lowest BCUT2D eigenvalue weighted by molar-refractivity contribution is -0.150. The smallest absolute Gasteiger partial charge is 0.309 e. The standard InChI is InChI=1S/C20H25FN2.C20H26FNO2/c21-18-5-1-15(2-6-18)16-8-11-23(12-9-16)19-7-10-20(13-19,14-22)17-3-4-17;21-17-5-1-14(2-6-17)15-8-11-22(12-9-15)18-7-10-20(13-18,19(23)24)16-3-4-16/h1-2,5-6,16-17,19H,3-4,7-13H2;1-2,5-6,15-16,18H,3-4,7-13H2,(H,23,24). The molecular formula is C40H51F2N3O2. The summed E-state index contributed by atoms with van der Waals surface area (Å²) in [6.07, 6.45) is 15.4. The average Bonchev–Trinajstić information content (AvgIpc) is 4.05. The Hall–Kier alpha value is -2.82. The van der Waals surface area contributed by atoms with E-state index >= 15 is 0 Å². The van der Waals surface area contributed by atoms with Crippen molar-refractivity contribution in [2.24, 2.45) is 22.7 Å². The third kappa shape index (κ3) is 7.01. The number of aliphatic carboxylic acids is 1. The minimum Gasteiger partial charge on any atom is -0.481 e. The number of carboxylic acids is 1. The Kier molecular flexibility index (Phi) is 9.46. The monoisotopic (exact) mass is 643 g/mol. The lowest BCUT2D eigenvalue weighted by Crippen LogP contribution is -2.41. The number of benzene rings is 2. The zero-order valence-corrected chi connectivity index (χ0v) is 27.8. The van der Waals surface area contributed by atoms with Gasteiger partial charge in [0.15, 0.2) is 0 Å². The molecule has 47 heavy (non-hydrogen) atoms. The molecule has 2 aliphatic heterocycles. The van der Waals surface area contributed by atoms with E-state index in [4.69, 9.17) is 0 Å². The van der Waals surface area contributed by atoms with E-state index < -0.39 is 11.4 Å². The molecule has 0 radical (unpaired) electrons. The molecular weight excluding hydrogens is 592 g/mol. The maximum atomic E-state index is 13.1. The van der Waals surface area contributed by atoms with Gasteiger partial charge in [0, 0.05) is 12.1 Å². The van der Waals surface area contributed by atoms with Crippen molar-refractivity contribution in [3.8, 4) is 6.07 Å². The summed E-state index contributed by atoms with van der Waals surface area (Å²) in [7, 11) is 0. The summed E-state index contributed by atoms with van der Waals surface area (Å²) in [4.78, 5) is 17.0. The van der Waals surface area contributed by atoms with Crippen molar-refractivity contribution < 1.29 is 18.7 Å². The van der Waals surface area contributed by atoms with Gasteiger partial charge in [0.05, 0.1) is 16.9 Å². The molecule has 4 atom stereocenters. The van der Waals surface area contributed by atoms with Gasteiger partial charge in [-0.2, -0.15) is 5.26 Å². The minimum absolute atomic E-state index is 0.00152. The summed E-state index contributed by atoms with van der Waals surface area (Å²) in [5, 5.41) is 19.4. The summed E-state index contributed by atoms with van der Waals surface area (Å²) in [6, 6.07) is 17.7. The highest BCUT2D eigenvalue weighted by atomic mass is 19.1. The van der Waals surface area contributed by atoms with Crippen LogP contribution in [-0.4, -0.2) is 59.1 Å². The number of hydrogen-bond acceptors (Lipinski definition) is 4. The summed E-state index contributed by atoms with van der Waals surface area (Å²) >= 11 is 0. The molecule has 5 nitrogen and oxygen atoms in total. The van der Waals surface area contributed by atoms with Crippen LogP contribution in [0, 0.1) is 45.6 Å². The van der Waals surface area contributed by atoms with Gasteiger partial charge in [0.2, 0.25) is 0 Å². The third-order valence-corrected chi connectivity index (χ3v) is 13.2. The number of halogens is 2. The normalized spacial score (nSPS) is 32.4. The number of nitrogens with zero attached hydrogens (tertiary/aromatic N) is 3. The molecule has 0 bridgehead atoms. The van der Waals surface area contributed by atoms with Crippen LogP contribution in [0.2, 0.25) is 0 Å². The SMILES string of the molecule is N#CC1(C2CC2)CCC(N2CCC(c3ccc(F)cc3)CC2)C1.O=C(O)C1(C2CC2)CCC(N2CCC(c3ccc(F)cc3)CC2)C1. The Morgan fingerprint density at radius 2 is 1.11 bits per heavy atom. The second-order valence-electron chi connectivity index (χ2n) is 15.8. The fourth-order valence-corrected chi connectivity index (χ4v) is 9.96. The zero-order chi connectivity index (χ0) is 32.6. The molecule has 4 aliphatic carbocycles. The summed E-state index contributed by atoms with van der Waals surface area (Å²) in [6.45, 7) is 4.32. The van der Waals surface area contributed by atoms with E-state index in [2.05, 4.69) is 15.9 Å². The predicted molar refractivity (Wildman–Crippen MR) is 179 cm³/mol. The van der Waals surface area contributed by atoms with Crippen molar-refractivity contribution in [3.05, 3.63) is 71.3 Å². The number of likely N-dealkylation sites (tertiary alicyclic amines) is 2. The molecule has 6 aliphatic rings. The van der Waals surface area contributed by atoms with Gasteiger partial charge >= 0.3 is 5.97 Å². The molecule has 2 aromatic rings. The van der Waals surface area contributed by atoms with Crippen LogP contribution in [0.25, 0.3) is 0 Å². The van der Waals surface area contributed by atoms with Crippen LogP contribution >= 0.6 is 0 Å². The van der Waals surface area contributed by atoms with E-state index in [1.54, 1.807) is 24.3 Å². The van der Waals surface area contributed by atoms with Gasteiger partial charge in [-0.25, -0.2) is 8.78 Å². The summed E-state index contributed by atoms with van der Waals surface area (Å²) in [5.74, 6) is 1.31. The quantitative estimate of drug-likeness (QED) is 0.328. The Bertz CT molecular complexity index is 1420. The lowest BCUT2D eigenvalue weighted by Gasteiger charge is -2.37. The Labute approximate surface area is 279 Å². The van der Waals surface area contributed by atoms with Gasteiger partial charge < -0.3 is 14.9 Å². The Morgan fingerprint density at radius 1 is 0.660 bits per heavy atom. The van der Waals surface area contributed by atoms with Crippen molar-refractivity contribution in [1.29, 1.82) is 5.26 Å². The third-order valence-electron chi connectivity index (χ3n) is 13.2. The van der Waals surface area contributed by atoms with Gasteiger partial charge in [0.1, 0.15) is 11.6 Å². The minimum atomic E-state index is -0.561. The highest BCUT2D eigenvalue weighted by molar-refractivity contribution is 5.76. The first-order valence-electron chi connectivity index (χ1n) is 18.4. The highest BCUT2D eigenvalue weighted by Crippen LogP contribution is 2.57. The summed E-state index contributed by atoms with van der Waals surface area (Å²) < 4.78 is 26.1. The van der Waals surface area contributed by atoms with Crippen LogP contribution in [-0.2, 0) is 4.79 Å². The molecule has 0 spiro atoms. The molecule has 0 aromatic heterocycles. The van der Waals surface area contributed by atoms with E-state index in [0.717, 1.165) is 96.8 Å². The lowest BCUT2D eigenvalue weighted by atomic mass is 9.80. The van der Waals surface area contributed by atoms with Crippen LogP contribution in [0.4, 0.5) is 8.78 Å². The Morgan fingerprint density at radius 3 is 1.53 bits per heavy atom. The maximum Gasteiger partial charge on any atom is 0.309 e. The number of piperidine rings is 2. The van der Waals surface area contributed by atoms with Crippen LogP contribution in [0.1, 0.15) is 113 Å². The van der Waals surface area contributed by atoms with Gasteiger partial charge in [-0.05, 0) is 175 Å². The maximum absolute atomic E-state index is 13.1. The van der Waals surface area contributed by atoms with Crippen molar-refractivity contribution in [1.82, 2.24) is 9.80 Å². The first-order chi connectivity index (χ1) is 22.8. The van der Waals surface area contributed by atoms with Gasteiger partial charge in [-0.15, -0.1) is 0 Å². The molecule has 2 heterocycles. The van der Waals surface area contributed by atoms with Crippen LogP contribution in [0.3, 0.4) is 0 Å². The van der Waals surface area contributed by atoms with Crippen molar-refractivity contribution >= 4 is 5.97 Å². The highest BCUT2D eigenvalue weighted by Gasteiger charge is 2.56. The molecule has 252 valence electrons. The van der Waals surface area contributed by atoms with Gasteiger partial charge in [-0.3, -0.25) is 4.79 Å². The second-order valence-corrected chi connectivity index (χ2v) is 15.8. The van der Waals surface area contributed by atoms with E-state index in [1.807, 2.05) is 24.3 Å². The number of carbonyl (C=O) groups is 1. The van der Waals surface area contributed by atoms with E-state index in [9.17, 15) is 23.9 Å². The van der Waals surface area contributed by atoms with Crippen molar-refractivity contribution in [2.45, 2.75) is 114 Å². The van der Waals surface area contributed by atoms with Crippen molar-refractivity contribution in [2.75, 3.05) is 26.2 Å². The molecule has 4 saturated carbocycles. The molecule has 8 rings (SSSR count). The van der Waals surface area contributed by atoms with E-state index in [0.29, 0.717) is 35.8 Å². The first kappa shape index (κ1) is 32.7. The predicted octanol–water partition coefficient (Wildman–Crippen LogP) is 8.52. The van der Waals surface area contributed by atoms with Crippen LogP contribution in [0.15, 0.2) is 48.5 Å². The van der Waals surface area contributed by atoms with Crippen LogP contribution < -0.4 is 0 Å². The van der Waals surface area contributed by atoms with E-state index in [-0.39, 0.29) is 17.0 Å². The number of hydrogen-bond donors (Lipinski definition) is 1. The largest absolute Gasteiger partial charge is 0.481 e. The molecule has 1 N–H and O–H groups in total. The van der Waals surface area contributed by atoms with E-state index in [1.165, 1.54) is 30.4 Å². The van der Waals surface area contributed by atoms with Gasteiger partial charge in [-0.1, -0.05) is 24.3 Å². The number of nitriles is 1. The molecule has 6 fully saturated rings. The van der Waals surface area contributed by atoms with Crippen molar-refractivity contribution in [3.63, 3.8) is 0 Å². The topological polar surface area (TPSA) is 67.6 Å². The molecule has 2 saturated heterocycles. The number of rotatable bonds is 7. The Balaban J connectivity index is 0.000000150.